The zero-order chi connectivity index (χ0) is 15.7. The Hall–Kier alpha value is -2.47. The lowest BCUT2D eigenvalue weighted by Gasteiger charge is -2.44. The molecule has 2 aromatic rings. The molecule has 22 heavy (non-hydrogen) atoms. The fourth-order valence-corrected chi connectivity index (χ4v) is 2.72. The van der Waals surface area contributed by atoms with Gasteiger partial charge in [0.05, 0.1) is 20.5 Å². The molecule has 6 nitrogen and oxygen atoms in total. The van der Waals surface area contributed by atoms with Crippen LogP contribution in [-0.4, -0.2) is 31.1 Å². The molecule has 0 unspecified atom stereocenters. The molecular weight excluding hydrogens is 284 g/mol. The number of hydrogen-bond acceptors (Lipinski definition) is 5. The minimum atomic E-state index is -0.550. The summed E-state index contributed by atoms with van der Waals surface area (Å²) in [7, 11) is 3.17. The number of nitrogens with two attached hydrogens (primary N) is 1. The monoisotopic (exact) mass is 302 g/mol. The molecule has 2 atom stereocenters. The van der Waals surface area contributed by atoms with Crippen molar-refractivity contribution in [1.82, 2.24) is 4.90 Å². The van der Waals surface area contributed by atoms with E-state index in [2.05, 4.69) is 0 Å². The zero-order valence-electron chi connectivity index (χ0n) is 12.5. The summed E-state index contributed by atoms with van der Waals surface area (Å²) in [5, 5.41) is 0. The van der Waals surface area contributed by atoms with Crippen molar-refractivity contribution in [3.8, 4) is 11.5 Å². The Morgan fingerprint density at radius 3 is 2.64 bits per heavy atom. The van der Waals surface area contributed by atoms with Crippen molar-refractivity contribution in [2.45, 2.75) is 18.6 Å². The van der Waals surface area contributed by atoms with Crippen molar-refractivity contribution in [3.63, 3.8) is 0 Å². The standard InChI is InChI=1S/C16H18N2O4/c1-20-11-6-5-10(8-13(11)21-2)9-18-15(14(17)16(18)19)12-4-3-7-22-12/h3-8,14-15H,9,17H2,1-2H3/t14-,15+/m0/s1. The normalized spacial score (nSPS) is 20.7. The van der Waals surface area contributed by atoms with Gasteiger partial charge in [0.15, 0.2) is 11.5 Å². The molecule has 1 aliphatic rings. The van der Waals surface area contributed by atoms with Crippen LogP contribution in [0.3, 0.4) is 0 Å². The Bertz CT molecular complexity index is 669. The third kappa shape index (κ3) is 2.31. The van der Waals surface area contributed by atoms with Crippen molar-refractivity contribution < 1.29 is 18.7 Å². The Morgan fingerprint density at radius 1 is 1.23 bits per heavy atom. The highest BCUT2D eigenvalue weighted by molar-refractivity contribution is 5.89. The summed E-state index contributed by atoms with van der Waals surface area (Å²) in [6, 6.07) is 8.42. The van der Waals surface area contributed by atoms with E-state index in [1.807, 2.05) is 24.3 Å². The topological polar surface area (TPSA) is 77.9 Å². The number of amides is 1. The fourth-order valence-electron chi connectivity index (χ4n) is 2.72. The van der Waals surface area contributed by atoms with Crippen molar-refractivity contribution in [1.29, 1.82) is 0 Å². The highest BCUT2D eigenvalue weighted by Gasteiger charge is 2.47. The maximum Gasteiger partial charge on any atom is 0.243 e. The molecule has 2 N–H and O–H groups in total. The van der Waals surface area contributed by atoms with Crippen LogP contribution >= 0.6 is 0 Å². The molecule has 1 saturated heterocycles. The van der Waals surface area contributed by atoms with E-state index < -0.39 is 6.04 Å². The zero-order valence-corrected chi connectivity index (χ0v) is 12.5. The van der Waals surface area contributed by atoms with Gasteiger partial charge in [0.25, 0.3) is 0 Å². The maximum absolute atomic E-state index is 12.1. The number of carbonyl (C=O) groups excluding carboxylic acids is 1. The van der Waals surface area contributed by atoms with E-state index in [-0.39, 0.29) is 11.9 Å². The van der Waals surface area contributed by atoms with Gasteiger partial charge in [-0.25, -0.2) is 0 Å². The first kappa shape index (κ1) is 14.5. The number of furan rings is 1. The van der Waals surface area contributed by atoms with Crippen LogP contribution < -0.4 is 15.2 Å². The highest BCUT2D eigenvalue weighted by atomic mass is 16.5. The molecule has 0 aliphatic carbocycles. The summed E-state index contributed by atoms with van der Waals surface area (Å²) in [5.74, 6) is 1.90. The van der Waals surface area contributed by atoms with E-state index in [4.69, 9.17) is 19.6 Å². The lowest BCUT2D eigenvalue weighted by molar-refractivity contribution is -0.151. The summed E-state index contributed by atoms with van der Waals surface area (Å²) >= 11 is 0. The van der Waals surface area contributed by atoms with Crippen molar-refractivity contribution in [2.75, 3.05) is 14.2 Å². The number of ether oxygens (including phenoxy) is 2. The van der Waals surface area contributed by atoms with Crippen LogP contribution in [0.25, 0.3) is 0 Å². The van der Waals surface area contributed by atoms with Crippen LogP contribution in [0.5, 0.6) is 11.5 Å². The lowest BCUT2D eigenvalue weighted by atomic mass is 9.93. The lowest BCUT2D eigenvalue weighted by Crippen LogP contribution is -2.62. The average molecular weight is 302 g/mol. The van der Waals surface area contributed by atoms with Gasteiger partial charge < -0.3 is 24.5 Å². The predicted octanol–water partition coefficient (Wildman–Crippen LogP) is 1.71. The molecule has 0 saturated carbocycles. The third-order valence-electron chi connectivity index (χ3n) is 3.88. The molecule has 0 bridgehead atoms. The van der Waals surface area contributed by atoms with Gasteiger partial charge in [0.2, 0.25) is 5.91 Å². The van der Waals surface area contributed by atoms with Crippen LogP contribution in [0.1, 0.15) is 17.4 Å². The average Bonchev–Trinajstić information content (AvgIpc) is 3.07. The second kappa shape index (κ2) is 5.73. The molecule has 6 heteroatoms. The number of nitrogens with zero attached hydrogens (tertiary/aromatic N) is 1. The molecule has 0 radical (unpaired) electrons. The van der Waals surface area contributed by atoms with E-state index in [0.29, 0.717) is 23.8 Å². The van der Waals surface area contributed by atoms with Gasteiger partial charge in [-0.2, -0.15) is 0 Å². The van der Waals surface area contributed by atoms with E-state index >= 15 is 0 Å². The van der Waals surface area contributed by atoms with Crippen molar-refractivity contribution in [2.24, 2.45) is 5.73 Å². The summed E-state index contributed by atoms with van der Waals surface area (Å²) in [6.45, 7) is 0.443. The molecule has 1 aromatic carbocycles. The van der Waals surface area contributed by atoms with E-state index in [9.17, 15) is 4.79 Å². The molecule has 1 aliphatic heterocycles. The van der Waals surface area contributed by atoms with Crippen LogP contribution in [0.15, 0.2) is 41.0 Å². The number of likely N-dealkylation sites (tertiary alicyclic amines) is 1. The third-order valence-corrected chi connectivity index (χ3v) is 3.88. The molecule has 1 amide bonds. The van der Waals surface area contributed by atoms with Gasteiger partial charge in [0, 0.05) is 6.54 Å². The van der Waals surface area contributed by atoms with Crippen molar-refractivity contribution in [3.05, 3.63) is 47.9 Å². The van der Waals surface area contributed by atoms with Gasteiger partial charge in [-0.3, -0.25) is 4.79 Å². The largest absolute Gasteiger partial charge is 0.493 e. The fraction of sp³-hybridized carbons (Fsp3) is 0.312. The minimum Gasteiger partial charge on any atom is -0.493 e. The molecule has 116 valence electrons. The Balaban J connectivity index is 1.81. The van der Waals surface area contributed by atoms with Gasteiger partial charge in [-0.1, -0.05) is 6.07 Å². The predicted molar refractivity (Wildman–Crippen MR) is 79.5 cm³/mol. The smallest absolute Gasteiger partial charge is 0.243 e. The molecule has 3 rings (SSSR count). The molecule has 0 spiro atoms. The SMILES string of the molecule is COc1ccc(CN2C(=O)[C@@H](N)[C@H]2c2ccco2)cc1OC. The van der Waals surface area contributed by atoms with E-state index in [1.165, 1.54) is 0 Å². The maximum atomic E-state index is 12.1. The van der Waals surface area contributed by atoms with Crippen LogP contribution in [0.4, 0.5) is 0 Å². The van der Waals surface area contributed by atoms with E-state index in [1.54, 1.807) is 31.4 Å². The second-order valence-corrected chi connectivity index (χ2v) is 5.14. The van der Waals surface area contributed by atoms with Gasteiger partial charge in [-0.05, 0) is 29.8 Å². The van der Waals surface area contributed by atoms with Crippen LogP contribution in [0, 0.1) is 0 Å². The Morgan fingerprint density at radius 2 is 2.00 bits per heavy atom. The van der Waals surface area contributed by atoms with E-state index in [0.717, 1.165) is 5.56 Å². The number of methoxy groups -OCH3 is 2. The quantitative estimate of drug-likeness (QED) is 0.851. The van der Waals surface area contributed by atoms with Gasteiger partial charge in [0.1, 0.15) is 17.8 Å². The van der Waals surface area contributed by atoms with Gasteiger partial charge >= 0.3 is 0 Å². The van der Waals surface area contributed by atoms with Gasteiger partial charge in [-0.15, -0.1) is 0 Å². The number of benzene rings is 1. The number of hydrogen-bond donors (Lipinski definition) is 1. The summed E-state index contributed by atoms with van der Waals surface area (Å²) < 4.78 is 15.9. The molecular formula is C16H18N2O4. The minimum absolute atomic E-state index is 0.0869. The molecule has 2 heterocycles. The highest BCUT2D eigenvalue weighted by Crippen LogP contribution is 2.36. The molecule has 1 aromatic heterocycles. The first-order valence-electron chi connectivity index (χ1n) is 6.96. The number of carbonyl (C=O) groups is 1. The van der Waals surface area contributed by atoms with Crippen molar-refractivity contribution >= 4 is 5.91 Å². The first-order valence-corrected chi connectivity index (χ1v) is 6.96. The molecule has 1 fully saturated rings. The van der Waals surface area contributed by atoms with Crippen LogP contribution in [-0.2, 0) is 11.3 Å². The Labute approximate surface area is 128 Å². The van der Waals surface area contributed by atoms with Crippen LogP contribution in [0.2, 0.25) is 0 Å². The number of rotatable bonds is 5. The summed E-state index contributed by atoms with van der Waals surface area (Å²) in [4.78, 5) is 13.8. The summed E-state index contributed by atoms with van der Waals surface area (Å²) in [5.41, 5.74) is 6.85. The Kier molecular flexibility index (Phi) is 3.77. The number of β-lactam (4-membered cyclic amide) rings is 1. The first-order chi connectivity index (χ1) is 10.7. The summed E-state index contributed by atoms with van der Waals surface area (Å²) in [6.07, 6.45) is 1.58. The second-order valence-electron chi connectivity index (χ2n) is 5.14.